The fourth-order valence-corrected chi connectivity index (χ4v) is 1.91. The number of carbonyl (C=O) groups is 1. The molecule has 1 N–H and O–H groups in total. The number of imidazole rings is 1. The van der Waals surface area contributed by atoms with Crippen LogP contribution in [0.15, 0.2) is 12.4 Å². The molecule has 8 heteroatoms. The molecule has 0 aliphatic heterocycles. The number of hydrogen-bond acceptors (Lipinski definition) is 5. The Morgan fingerprint density at radius 2 is 2.19 bits per heavy atom. The van der Waals surface area contributed by atoms with Crippen LogP contribution in [0.1, 0.15) is 30.8 Å². The monoisotopic (exact) mass is 293 g/mol. The van der Waals surface area contributed by atoms with E-state index < -0.39 is 5.97 Å². The van der Waals surface area contributed by atoms with Crippen LogP contribution in [0, 0.1) is 0 Å². The van der Waals surface area contributed by atoms with E-state index in [1.165, 1.54) is 0 Å². The van der Waals surface area contributed by atoms with Crippen LogP contribution in [0.25, 0.3) is 11.5 Å². The molecule has 0 aliphatic rings. The first kappa shape index (κ1) is 15.2. The Balaban J connectivity index is 2.39. The molecule has 21 heavy (non-hydrogen) atoms. The van der Waals surface area contributed by atoms with E-state index in [1.807, 2.05) is 13.8 Å². The smallest absolute Gasteiger partial charge is 0.358 e. The summed E-state index contributed by atoms with van der Waals surface area (Å²) in [6.45, 7) is 4.41. The van der Waals surface area contributed by atoms with Crippen molar-refractivity contribution in [1.82, 2.24) is 24.5 Å². The van der Waals surface area contributed by atoms with E-state index in [9.17, 15) is 9.90 Å². The van der Waals surface area contributed by atoms with E-state index in [2.05, 4.69) is 15.3 Å². The van der Waals surface area contributed by atoms with Gasteiger partial charge in [0.05, 0.1) is 5.60 Å². The molecular formula is C13H19N5O3. The summed E-state index contributed by atoms with van der Waals surface area (Å²) in [5.41, 5.74) is -0.0183. The van der Waals surface area contributed by atoms with Gasteiger partial charge in [0.2, 0.25) is 5.69 Å². The molecule has 0 aromatic carbocycles. The normalized spacial score (nSPS) is 11.8. The highest BCUT2D eigenvalue weighted by molar-refractivity contribution is 5.91. The number of carboxylic acids is 1. The van der Waals surface area contributed by atoms with Gasteiger partial charge in [-0.2, -0.15) is 0 Å². The SMILES string of the molecule is COC(C)(C)CCn1nnc(C(=O)O)c1-c1nccn1C. The van der Waals surface area contributed by atoms with Crippen LogP contribution in [0.5, 0.6) is 0 Å². The third-order valence-electron chi connectivity index (χ3n) is 3.45. The minimum absolute atomic E-state index is 0.0977. The molecule has 0 radical (unpaired) electrons. The molecule has 0 spiro atoms. The van der Waals surface area contributed by atoms with Crippen LogP contribution >= 0.6 is 0 Å². The fraction of sp³-hybridized carbons (Fsp3) is 0.538. The molecule has 0 aliphatic carbocycles. The van der Waals surface area contributed by atoms with Crippen molar-refractivity contribution in [2.45, 2.75) is 32.4 Å². The predicted octanol–water partition coefficient (Wildman–Crippen LogP) is 1.19. The van der Waals surface area contributed by atoms with Crippen LogP contribution in [0.4, 0.5) is 0 Å². The molecular weight excluding hydrogens is 274 g/mol. The van der Waals surface area contributed by atoms with Gasteiger partial charge in [-0.05, 0) is 20.3 Å². The van der Waals surface area contributed by atoms with E-state index in [-0.39, 0.29) is 11.3 Å². The van der Waals surface area contributed by atoms with Gasteiger partial charge in [0.15, 0.2) is 5.82 Å². The zero-order valence-electron chi connectivity index (χ0n) is 12.6. The number of methoxy groups -OCH3 is 1. The first-order chi connectivity index (χ1) is 9.85. The first-order valence-corrected chi connectivity index (χ1v) is 6.55. The van der Waals surface area contributed by atoms with Crippen LogP contribution < -0.4 is 0 Å². The molecule has 2 rings (SSSR count). The molecule has 0 saturated carbocycles. The van der Waals surface area contributed by atoms with Gasteiger partial charge < -0.3 is 14.4 Å². The predicted molar refractivity (Wildman–Crippen MR) is 74.9 cm³/mol. The molecule has 0 saturated heterocycles. The zero-order valence-corrected chi connectivity index (χ0v) is 12.6. The van der Waals surface area contributed by atoms with E-state index in [4.69, 9.17) is 4.74 Å². The number of aryl methyl sites for hydroxylation is 2. The highest BCUT2D eigenvalue weighted by Crippen LogP contribution is 2.22. The molecule has 0 bridgehead atoms. The lowest BCUT2D eigenvalue weighted by atomic mass is 10.1. The Labute approximate surface area is 122 Å². The fourth-order valence-electron chi connectivity index (χ4n) is 1.91. The summed E-state index contributed by atoms with van der Waals surface area (Å²) in [6, 6.07) is 0. The number of carboxylic acid groups (broad SMARTS) is 1. The van der Waals surface area contributed by atoms with Gasteiger partial charge in [0.25, 0.3) is 0 Å². The van der Waals surface area contributed by atoms with Crippen molar-refractivity contribution in [3.05, 3.63) is 18.1 Å². The van der Waals surface area contributed by atoms with E-state index in [0.717, 1.165) is 0 Å². The van der Waals surface area contributed by atoms with Crippen LogP contribution in [0.2, 0.25) is 0 Å². The van der Waals surface area contributed by atoms with Gasteiger partial charge in [0.1, 0.15) is 5.69 Å². The standard InChI is InChI=1S/C13H19N5O3/c1-13(2,21-4)5-7-18-10(9(12(19)20)15-16-18)11-14-6-8-17(11)3/h6,8H,5,7H2,1-4H3,(H,19,20). The number of hydrogen-bond donors (Lipinski definition) is 1. The van der Waals surface area contributed by atoms with Crippen molar-refractivity contribution in [2.24, 2.45) is 7.05 Å². The summed E-state index contributed by atoms with van der Waals surface area (Å²) in [6.07, 6.45) is 4.03. The number of nitrogens with zero attached hydrogens (tertiary/aromatic N) is 5. The lowest BCUT2D eigenvalue weighted by Crippen LogP contribution is -2.25. The molecule has 114 valence electrons. The van der Waals surface area contributed by atoms with Gasteiger partial charge in [0, 0.05) is 33.1 Å². The molecule has 0 fully saturated rings. The summed E-state index contributed by atoms with van der Waals surface area (Å²) >= 11 is 0. The van der Waals surface area contributed by atoms with Crippen molar-refractivity contribution < 1.29 is 14.6 Å². The maximum absolute atomic E-state index is 11.3. The van der Waals surface area contributed by atoms with Crippen molar-refractivity contribution in [2.75, 3.05) is 7.11 Å². The second-order valence-electron chi connectivity index (χ2n) is 5.39. The second kappa shape index (κ2) is 5.65. The Hall–Kier alpha value is -2.22. The van der Waals surface area contributed by atoms with Crippen LogP contribution in [0.3, 0.4) is 0 Å². The Morgan fingerprint density at radius 3 is 2.71 bits per heavy atom. The van der Waals surface area contributed by atoms with Crippen molar-refractivity contribution in [3.8, 4) is 11.5 Å². The van der Waals surface area contributed by atoms with Crippen LogP contribution in [-0.2, 0) is 18.3 Å². The summed E-state index contributed by atoms with van der Waals surface area (Å²) < 4.78 is 8.67. The maximum Gasteiger partial charge on any atom is 0.358 e. The quantitative estimate of drug-likeness (QED) is 0.859. The maximum atomic E-state index is 11.3. The number of rotatable bonds is 6. The molecule has 2 aromatic heterocycles. The lowest BCUT2D eigenvalue weighted by molar-refractivity contribution is 0.0113. The lowest BCUT2D eigenvalue weighted by Gasteiger charge is -2.22. The van der Waals surface area contributed by atoms with Gasteiger partial charge >= 0.3 is 5.97 Å². The third-order valence-corrected chi connectivity index (χ3v) is 3.45. The molecule has 0 amide bonds. The summed E-state index contributed by atoms with van der Waals surface area (Å²) in [7, 11) is 3.44. The number of aromatic nitrogens is 5. The Morgan fingerprint density at radius 1 is 1.48 bits per heavy atom. The molecule has 0 unspecified atom stereocenters. The third kappa shape index (κ3) is 3.10. The van der Waals surface area contributed by atoms with Gasteiger partial charge in [-0.3, -0.25) is 0 Å². The van der Waals surface area contributed by atoms with Crippen molar-refractivity contribution in [1.29, 1.82) is 0 Å². The number of aromatic carboxylic acids is 1. The topological polar surface area (TPSA) is 95.1 Å². The van der Waals surface area contributed by atoms with Crippen LogP contribution in [-0.4, -0.2) is 48.3 Å². The van der Waals surface area contributed by atoms with Crippen molar-refractivity contribution >= 4 is 5.97 Å². The first-order valence-electron chi connectivity index (χ1n) is 6.55. The molecule has 2 heterocycles. The zero-order chi connectivity index (χ0) is 15.6. The summed E-state index contributed by atoms with van der Waals surface area (Å²) in [4.78, 5) is 15.5. The van der Waals surface area contributed by atoms with Gasteiger partial charge in [-0.1, -0.05) is 5.21 Å². The molecule has 0 atom stereocenters. The highest BCUT2D eigenvalue weighted by atomic mass is 16.5. The largest absolute Gasteiger partial charge is 0.476 e. The Bertz CT molecular complexity index is 644. The molecule has 2 aromatic rings. The summed E-state index contributed by atoms with van der Waals surface area (Å²) in [5.74, 6) is -0.599. The minimum Gasteiger partial charge on any atom is -0.476 e. The average molecular weight is 293 g/mol. The molecule has 8 nitrogen and oxygen atoms in total. The number of ether oxygens (including phenoxy) is 1. The van der Waals surface area contributed by atoms with E-state index >= 15 is 0 Å². The van der Waals surface area contributed by atoms with Crippen molar-refractivity contribution in [3.63, 3.8) is 0 Å². The second-order valence-corrected chi connectivity index (χ2v) is 5.39. The van der Waals surface area contributed by atoms with Gasteiger partial charge in [-0.15, -0.1) is 5.10 Å². The van der Waals surface area contributed by atoms with E-state index in [0.29, 0.717) is 24.5 Å². The summed E-state index contributed by atoms with van der Waals surface area (Å²) in [5, 5.41) is 17.0. The average Bonchev–Trinajstić information content (AvgIpc) is 3.02. The van der Waals surface area contributed by atoms with Gasteiger partial charge in [-0.25, -0.2) is 14.5 Å². The van der Waals surface area contributed by atoms with E-state index in [1.54, 1.807) is 35.8 Å². The minimum atomic E-state index is -1.12. The Kier molecular flexibility index (Phi) is 4.08. The highest BCUT2D eigenvalue weighted by Gasteiger charge is 2.25.